The van der Waals surface area contributed by atoms with Crippen molar-refractivity contribution in [3.8, 4) is 0 Å². The number of likely N-dealkylation sites (tertiary alicyclic amines) is 1. The van der Waals surface area contributed by atoms with Crippen molar-refractivity contribution in [2.75, 3.05) is 49.1 Å². The SMILES string of the molecule is CC1CCCN(C(=O)c2cnc(N3CCN(c4ccccn4)CC3)cn2)C1. The van der Waals surface area contributed by atoms with Crippen molar-refractivity contribution in [3.63, 3.8) is 0 Å². The summed E-state index contributed by atoms with van der Waals surface area (Å²) in [5.74, 6) is 2.41. The van der Waals surface area contributed by atoms with Crippen LogP contribution in [-0.2, 0) is 0 Å². The highest BCUT2D eigenvalue weighted by molar-refractivity contribution is 5.92. The Labute approximate surface area is 160 Å². The Kier molecular flexibility index (Phi) is 5.18. The van der Waals surface area contributed by atoms with Crippen LogP contribution in [0.4, 0.5) is 11.6 Å². The molecule has 27 heavy (non-hydrogen) atoms. The fraction of sp³-hybridized carbons (Fsp3) is 0.500. The minimum Gasteiger partial charge on any atom is -0.353 e. The summed E-state index contributed by atoms with van der Waals surface area (Å²) in [7, 11) is 0. The van der Waals surface area contributed by atoms with Gasteiger partial charge in [0.1, 0.15) is 17.3 Å². The highest BCUT2D eigenvalue weighted by Gasteiger charge is 2.24. The lowest BCUT2D eigenvalue weighted by atomic mass is 10.0. The molecule has 4 heterocycles. The van der Waals surface area contributed by atoms with E-state index in [0.717, 1.165) is 57.3 Å². The van der Waals surface area contributed by atoms with Crippen LogP contribution >= 0.6 is 0 Å². The van der Waals surface area contributed by atoms with Crippen LogP contribution in [0.2, 0.25) is 0 Å². The molecule has 2 aliphatic rings. The number of nitrogens with zero attached hydrogens (tertiary/aromatic N) is 6. The Morgan fingerprint density at radius 3 is 2.37 bits per heavy atom. The highest BCUT2D eigenvalue weighted by atomic mass is 16.2. The van der Waals surface area contributed by atoms with Crippen LogP contribution in [0.25, 0.3) is 0 Å². The van der Waals surface area contributed by atoms with Crippen molar-refractivity contribution < 1.29 is 4.79 Å². The molecule has 142 valence electrons. The Morgan fingerprint density at radius 2 is 1.74 bits per heavy atom. The number of pyridine rings is 1. The van der Waals surface area contributed by atoms with Gasteiger partial charge in [0.05, 0.1) is 12.4 Å². The van der Waals surface area contributed by atoms with Gasteiger partial charge in [-0.05, 0) is 30.9 Å². The van der Waals surface area contributed by atoms with E-state index in [2.05, 4.69) is 31.7 Å². The lowest BCUT2D eigenvalue weighted by Crippen LogP contribution is -2.47. The first kappa shape index (κ1) is 17.7. The summed E-state index contributed by atoms with van der Waals surface area (Å²) in [5, 5.41) is 0. The normalized spacial score (nSPS) is 20.6. The lowest BCUT2D eigenvalue weighted by Gasteiger charge is -2.36. The van der Waals surface area contributed by atoms with Crippen molar-refractivity contribution in [3.05, 3.63) is 42.5 Å². The fourth-order valence-corrected chi connectivity index (χ4v) is 3.84. The van der Waals surface area contributed by atoms with Crippen LogP contribution in [-0.4, -0.2) is 65.0 Å². The molecule has 2 aliphatic heterocycles. The van der Waals surface area contributed by atoms with E-state index in [4.69, 9.17) is 0 Å². The van der Waals surface area contributed by atoms with Gasteiger partial charge in [-0.1, -0.05) is 13.0 Å². The average Bonchev–Trinajstić information content (AvgIpc) is 2.74. The smallest absolute Gasteiger partial charge is 0.274 e. The van der Waals surface area contributed by atoms with Crippen LogP contribution in [0.15, 0.2) is 36.8 Å². The minimum absolute atomic E-state index is 0.000529. The third kappa shape index (κ3) is 4.02. The Morgan fingerprint density at radius 1 is 0.963 bits per heavy atom. The van der Waals surface area contributed by atoms with Gasteiger partial charge in [-0.3, -0.25) is 4.79 Å². The van der Waals surface area contributed by atoms with Crippen LogP contribution in [0.1, 0.15) is 30.3 Å². The first-order valence-corrected chi connectivity index (χ1v) is 9.73. The number of aromatic nitrogens is 3. The van der Waals surface area contributed by atoms with Gasteiger partial charge in [-0.25, -0.2) is 15.0 Å². The van der Waals surface area contributed by atoms with Gasteiger partial charge in [-0.2, -0.15) is 0 Å². The predicted molar refractivity (Wildman–Crippen MR) is 105 cm³/mol. The molecule has 2 aromatic heterocycles. The number of anilines is 2. The summed E-state index contributed by atoms with van der Waals surface area (Å²) in [6, 6.07) is 5.99. The van der Waals surface area contributed by atoms with Crippen LogP contribution in [0, 0.1) is 5.92 Å². The molecule has 7 heteroatoms. The molecule has 7 nitrogen and oxygen atoms in total. The van der Waals surface area contributed by atoms with E-state index in [0.29, 0.717) is 11.6 Å². The highest BCUT2D eigenvalue weighted by Crippen LogP contribution is 2.19. The van der Waals surface area contributed by atoms with Gasteiger partial charge in [-0.15, -0.1) is 0 Å². The van der Waals surface area contributed by atoms with E-state index < -0.39 is 0 Å². The lowest BCUT2D eigenvalue weighted by molar-refractivity contribution is 0.0676. The monoisotopic (exact) mass is 366 g/mol. The Balaban J connectivity index is 1.36. The fourth-order valence-electron chi connectivity index (χ4n) is 3.84. The summed E-state index contributed by atoms with van der Waals surface area (Å²) < 4.78 is 0. The molecular weight excluding hydrogens is 340 g/mol. The first-order chi connectivity index (χ1) is 13.2. The summed E-state index contributed by atoms with van der Waals surface area (Å²) >= 11 is 0. The van der Waals surface area contributed by atoms with E-state index >= 15 is 0 Å². The third-order valence-electron chi connectivity index (χ3n) is 5.38. The first-order valence-electron chi connectivity index (χ1n) is 9.73. The second kappa shape index (κ2) is 7.90. The molecule has 4 rings (SSSR count). The zero-order chi connectivity index (χ0) is 18.6. The molecule has 0 saturated carbocycles. The molecule has 0 aliphatic carbocycles. The van der Waals surface area contributed by atoms with Gasteiger partial charge < -0.3 is 14.7 Å². The summed E-state index contributed by atoms with van der Waals surface area (Å²) in [6.45, 7) is 7.35. The molecule has 0 N–H and O–H groups in total. The maximum atomic E-state index is 12.6. The molecule has 2 fully saturated rings. The van der Waals surface area contributed by atoms with Crippen molar-refractivity contribution in [2.24, 2.45) is 5.92 Å². The Hall–Kier alpha value is -2.70. The molecule has 0 bridgehead atoms. The Bertz CT molecular complexity index is 758. The predicted octanol–water partition coefficient (Wildman–Crippen LogP) is 2.07. The van der Waals surface area contributed by atoms with Crippen LogP contribution < -0.4 is 9.80 Å². The number of rotatable bonds is 3. The maximum absolute atomic E-state index is 12.6. The molecule has 1 amide bonds. The molecule has 1 atom stereocenters. The number of carbonyl (C=O) groups excluding carboxylic acids is 1. The average molecular weight is 366 g/mol. The molecule has 2 saturated heterocycles. The van der Waals surface area contributed by atoms with E-state index in [1.807, 2.05) is 29.3 Å². The summed E-state index contributed by atoms with van der Waals surface area (Å²) in [4.78, 5) is 32.4. The van der Waals surface area contributed by atoms with Crippen molar-refractivity contribution in [1.82, 2.24) is 19.9 Å². The van der Waals surface area contributed by atoms with E-state index in [9.17, 15) is 4.79 Å². The molecule has 1 unspecified atom stereocenters. The van der Waals surface area contributed by atoms with E-state index in [1.54, 1.807) is 12.4 Å². The van der Waals surface area contributed by atoms with Gasteiger partial charge in [0, 0.05) is 45.5 Å². The third-order valence-corrected chi connectivity index (χ3v) is 5.38. The van der Waals surface area contributed by atoms with E-state index in [-0.39, 0.29) is 5.91 Å². The van der Waals surface area contributed by atoms with Gasteiger partial charge >= 0.3 is 0 Å². The maximum Gasteiger partial charge on any atom is 0.274 e. The van der Waals surface area contributed by atoms with Crippen LogP contribution in [0.3, 0.4) is 0 Å². The zero-order valence-electron chi connectivity index (χ0n) is 15.8. The quantitative estimate of drug-likeness (QED) is 0.829. The topological polar surface area (TPSA) is 65.5 Å². The summed E-state index contributed by atoms with van der Waals surface area (Å²) in [5.41, 5.74) is 0.444. The number of carbonyl (C=O) groups is 1. The second-order valence-electron chi connectivity index (χ2n) is 7.42. The zero-order valence-corrected chi connectivity index (χ0v) is 15.8. The van der Waals surface area contributed by atoms with Crippen LogP contribution in [0.5, 0.6) is 0 Å². The van der Waals surface area contributed by atoms with Gasteiger partial charge in [0.15, 0.2) is 0 Å². The van der Waals surface area contributed by atoms with E-state index in [1.165, 1.54) is 6.42 Å². The number of piperazine rings is 1. The molecular formula is C20H26N6O. The minimum atomic E-state index is 0.000529. The second-order valence-corrected chi connectivity index (χ2v) is 7.42. The standard InChI is InChI=1S/C20H26N6O/c1-16-5-4-8-26(15-16)20(27)17-13-23-19(14-22-17)25-11-9-24(10-12-25)18-6-2-3-7-21-18/h2-3,6-7,13-14,16H,4-5,8-12,15H2,1H3. The number of hydrogen-bond donors (Lipinski definition) is 0. The molecule has 0 aromatic carbocycles. The van der Waals surface area contributed by atoms with Crippen molar-refractivity contribution in [2.45, 2.75) is 19.8 Å². The largest absolute Gasteiger partial charge is 0.353 e. The molecule has 0 spiro atoms. The number of amides is 1. The molecule has 2 aromatic rings. The molecule has 0 radical (unpaired) electrons. The van der Waals surface area contributed by atoms with Gasteiger partial charge in [0.25, 0.3) is 5.91 Å². The van der Waals surface area contributed by atoms with Crippen molar-refractivity contribution >= 4 is 17.5 Å². The number of piperidine rings is 1. The van der Waals surface area contributed by atoms with Gasteiger partial charge in [0.2, 0.25) is 0 Å². The number of hydrogen-bond acceptors (Lipinski definition) is 6. The summed E-state index contributed by atoms with van der Waals surface area (Å²) in [6.07, 6.45) is 7.45. The van der Waals surface area contributed by atoms with Crippen molar-refractivity contribution in [1.29, 1.82) is 0 Å².